The number of nitrogens with one attached hydrogen (secondary N) is 1. The summed E-state index contributed by atoms with van der Waals surface area (Å²) >= 11 is 1.53. The van der Waals surface area contributed by atoms with Crippen LogP contribution in [0.25, 0.3) is 10.6 Å². The second kappa shape index (κ2) is 7.93. The highest BCUT2D eigenvalue weighted by atomic mass is 32.1. The molecule has 2 aromatic heterocycles. The zero-order chi connectivity index (χ0) is 19.4. The molecule has 0 unspecified atom stereocenters. The van der Waals surface area contributed by atoms with Crippen LogP contribution in [0.1, 0.15) is 26.6 Å². The number of hydrogen-bond donors (Lipinski definition) is 1. The fourth-order valence-corrected chi connectivity index (χ4v) is 3.46. The summed E-state index contributed by atoms with van der Waals surface area (Å²) in [4.78, 5) is 29.5. The van der Waals surface area contributed by atoms with E-state index >= 15 is 0 Å². The quantitative estimate of drug-likeness (QED) is 0.733. The van der Waals surface area contributed by atoms with Crippen molar-refractivity contribution in [1.82, 2.24) is 20.1 Å². The van der Waals surface area contributed by atoms with Crippen LogP contribution in [0.15, 0.2) is 41.2 Å². The number of nitriles is 1. The Kier molecular flexibility index (Phi) is 5.43. The number of carbonyl (C=O) groups excluding carboxylic acids is 1. The van der Waals surface area contributed by atoms with Gasteiger partial charge in [0.25, 0.3) is 11.5 Å². The van der Waals surface area contributed by atoms with E-state index in [0.717, 1.165) is 15.6 Å². The molecule has 0 bridgehead atoms. The Hall–Kier alpha value is -3.31. The lowest BCUT2D eigenvalue weighted by Gasteiger charge is -2.08. The zero-order valence-corrected chi connectivity index (χ0v) is 15.7. The highest BCUT2D eigenvalue weighted by molar-refractivity contribution is 7.15. The maximum atomic E-state index is 12.1. The van der Waals surface area contributed by atoms with Crippen molar-refractivity contribution in [1.29, 1.82) is 5.26 Å². The van der Waals surface area contributed by atoms with Crippen molar-refractivity contribution in [2.24, 2.45) is 0 Å². The first kappa shape index (κ1) is 18.5. The molecule has 27 heavy (non-hydrogen) atoms. The Bertz CT molecular complexity index is 1080. The van der Waals surface area contributed by atoms with E-state index in [1.54, 1.807) is 30.3 Å². The normalized spacial score (nSPS) is 10.4. The van der Waals surface area contributed by atoms with Crippen LogP contribution in [-0.2, 0) is 6.54 Å². The Morgan fingerprint density at radius 1 is 1.22 bits per heavy atom. The molecule has 0 aliphatic rings. The Balaban J connectivity index is 1.68. The molecule has 1 aromatic carbocycles. The summed E-state index contributed by atoms with van der Waals surface area (Å²) in [5, 5.41) is 16.9. The fourth-order valence-electron chi connectivity index (χ4n) is 2.57. The van der Waals surface area contributed by atoms with Crippen molar-refractivity contribution < 1.29 is 4.79 Å². The summed E-state index contributed by atoms with van der Waals surface area (Å²) in [6.45, 7) is 4.35. The average Bonchev–Trinajstić information content (AvgIpc) is 3.01. The third-order valence-corrected chi connectivity index (χ3v) is 4.98. The second-order valence-corrected chi connectivity index (χ2v) is 7.08. The van der Waals surface area contributed by atoms with E-state index in [0.29, 0.717) is 16.8 Å². The molecule has 0 fully saturated rings. The maximum absolute atomic E-state index is 12.1. The topological polar surface area (TPSA) is 101 Å². The van der Waals surface area contributed by atoms with Crippen LogP contribution >= 0.6 is 11.3 Å². The maximum Gasteiger partial charge on any atom is 0.266 e. The molecule has 136 valence electrons. The lowest BCUT2D eigenvalue weighted by molar-refractivity contribution is 0.0951. The lowest BCUT2D eigenvalue weighted by Crippen LogP contribution is -2.31. The van der Waals surface area contributed by atoms with Crippen molar-refractivity contribution >= 4 is 17.2 Å². The Morgan fingerprint density at radius 2 is 1.96 bits per heavy atom. The van der Waals surface area contributed by atoms with E-state index in [9.17, 15) is 9.59 Å². The highest BCUT2D eigenvalue weighted by Crippen LogP contribution is 2.27. The van der Waals surface area contributed by atoms with Crippen molar-refractivity contribution in [2.75, 3.05) is 6.54 Å². The number of thiazole rings is 1. The number of hydrogen-bond acceptors (Lipinski definition) is 6. The van der Waals surface area contributed by atoms with Crippen LogP contribution in [0.3, 0.4) is 0 Å². The number of amides is 1. The van der Waals surface area contributed by atoms with E-state index in [-0.39, 0.29) is 24.6 Å². The first-order valence-corrected chi connectivity index (χ1v) is 9.10. The van der Waals surface area contributed by atoms with Crippen molar-refractivity contribution in [3.63, 3.8) is 0 Å². The van der Waals surface area contributed by atoms with Crippen molar-refractivity contribution in [2.45, 2.75) is 20.4 Å². The van der Waals surface area contributed by atoms with E-state index in [1.165, 1.54) is 22.1 Å². The molecule has 0 aliphatic carbocycles. The average molecular weight is 379 g/mol. The predicted molar refractivity (Wildman–Crippen MR) is 103 cm³/mol. The van der Waals surface area contributed by atoms with Gasteiger partial charge < -0.3 is 5.32 Å². The van der Waals surface area contributed by atoms with Gasteiger partial charge in [-0.25, -0.2) is 9.67 Å². The van der Waals surface area contributed by atoms with Crippen LogP contribution in [0.4, 0.5) is 0 Å². The van der Waals surface area contributed by atoms with Crippen LogP contribution < -0.4 is 10.9 Å². The SMILES string of the molecule is Cc1nc(C)c(-c2ccc(=O)n(CCNC(=O)c3ccc(C#N)cc3)n2)s1. The van der Waals surface area contributed by atoms with Gasteiger partial charge in [0.15, 0.2) is 0 Å². The van der Waals surface area contributed by atoms with Gasteiger partial charge in [-0.05, 0) is 44.2 Å². The van der Waals surface area contributed by atoms with Crippen molar-refractivity contribution in [3.05, 3.63) is 68.6 Å². The molecule has 0 saturated heterocycles. The standard InChI is InChI=1S/C19H17N5O2S/c1-12-18(27-13(2)22-12)16-7-8-17(25)24(23-16)10-9-21-19(26)15-5-3-14(11-20)4-6-15/h3-8H,9-10H2,1-2H3,(H,21,26). The summed E-state index contributed by atoms with van der Waals surface area (Å²) in [5.74, 6) is -0.266. The van der Waals surface area contributed by atoms with Gasteiger partial charge in [0.1, 0.15) is 5.69 Å². The fraction of sp³-hybridized carbons (Fsp3) is 0.211. The Morgan fingerprint density at radius 3 is 2.59 bits per heavy atom. The number of nitrogens with zero attached hydrogens (tertiary/aromatic N) is 4. The summed E-state index contributed by atoms with van der Waals surface area (Å²) in [6, 6.07) is 11.5. The van der Waals surface area contributed by atoms with Crippen LogP contribution in [0.5, 0.6) is 0 Å². The molecule has 0 atom stereocenters. The molecule has 3 rings (SSSR count). The number of benzene rings is 1. The van der Waals surface area contributed by atoms with E-state index < -0.39 is 0 Å². The van der Waals surface area contributed by atoms with Gasteiger partial charge in [0, 0.05) is 18.2 Å². The van der Waals surface area contributed by atoms with Gasteiger partial charge in [-0.2, -0.15) is 10.4 Å². The largest absolute Gasteiger partial charge is 0.350 e. The number of aromatic nitrogens is 3. The minimum atomic E-state index is -0.266. The van der Waals surface area contributed by atoms with Crippen LogP contribution in [0.2, 0.25) is 0 Å². The summed E-state index contributed by atoms with van der Waals surface area (Å²) < 4.78 is 1.34. The number of aryl methyl sites for hydroxylation is 2. The molecule has 0 saturated carbocycles. The number of rotatable bonds is 5. The van der Waals surface area contributed by atoms with Gasteiger partial charge >= 0.3 is 0 Å². The lowest BCUT2D eigenvalue weighted by atomic mass is 10.1. The molecule has 1 amide bonds. The van der Waals surface area contributed by atoms with E-state index in [1.807, 2.05) is 19.9 Å². The van der Waals surface area contributed by atoms with Crippen molar-refractivity contribution in [3.8, 4) is 16.6 Å². The minimum Gasteiger partial charge on any atom is -0.350 e. The zero-order valence-electron chi connectivity index (χ0n) is 14.9. The van der Waals surface area contributed by atoms with Gasteiger partial charge in [-0.3, -0.25) is 9.59 Å². The molecular weight excluding hydrogens is 362 g/mol. The third-order valence-electron chi connectivity index (χ3n) is 3.89. The first-order chi connectivity index (χ1) is 13.0. The molecule has 2 heterocycles. The van der Waals surface area contributed by atoms with Gasteiger partial charge in [-0.15, -0.1) is 11.3 Å². The molecular formula is C19H17N5O2S. The van der Waals surface area contributed by atoms with Gasteiger partial charge in [0.2, 0.25) is 0 Å². The van der Waals surface area contributed by atoms with Crippen LogP contribution in [-0.4, -0.2) is 27.2 Å². The van der Waals surface area contributed by atoms with Gasteiger partial charge in [0.05, 0.1) is 33.8 Å². The second-order valence-electron chi connectivity index (χ2n) is 5.87. The smallest absolute Gasteiger partial charge is 0.266 e. The van der Waals surface area contributed by atoms with E-state index in [2.05, 4.69) is 15.4 Å². The highest BCUT2D eigenvalue weighted by Gasteiger charge is 2.11. The molecule has 0 aliphatic heterocycles. The summed E-state index contributed by atoms with van der Waals surface area (Å²) in [5.41, 5.74) is 2.29. The molecule has 7 nitrogen and oxygen atoms in total. The minimum absolute atomic E-state index is 0.231. The molecule has 3 aromatic rings. The summed E-state index contributed by atoms with van der Waals surface area (Å²) in [7, 11) is 0. The van der Waals surface area contributed by atoms with Crippen LogP contribution in [0, 0.1) is 25.2 Å². The first-order valence-electron chi connectivity index (χ1n) is 8.29. The van der Waals surface area contributed by atoms with Gasteiger partial charge in [-0.1, -0.05) is 0 Å². The predicted octanol–water partition coefficient (Wildman–Crippen LogP) is 2.29. The van der Waals surface area contributed by atoms with E-state index in [4.69, 9.17) is 5.26 Å². The molecule has 0 spiro atoms. The summed E-state index contributed by atoms with van der Waals surface area (Å²) in [6.07, 6.45) is 0. The molecule has 1 N–H and O–H groups in total. The number of carbonyl (C=O) groups is 1. The monoisotopic (exact) mass is 379 g/mol. The molecule has 0 radical (unpaired) electrons. The third kappa shape index (κ3) is 4.27. The molecule has 8 heteroatoms. The Labute approximate surface area is 159 Å².